The van der Waals surface area contributed by atoms with Gasteiger partial charge in [0.15, 0.2) is 0 Å². The summed E-state index contributed by atoms with van der Waals surface area (Å²) in [6, 6.07) is 2.05. The molecule has 0 amide bonds. The lowest BCUT2D eigenvalue weighted by molar-refractivity contribution is 0.601. The Balaban J connectivity index is 2.75. The largest absolute Gasteiger partial charge is 0.212 e. The van der Waals surface area contributed by atoms with E-state index in [4.69, 9.17) is 5.26 Å². The first kappa shape index (κ1) is 8.00. The van der Waals surface area contributed by atoms with Gasteiger partial charge in [0.1, 0.15) is 5.83 Å². The Hall–Kier alpha value is -1.10. The number of hydrogen-bond acceptors (Lipinski definition) is 1. The summed E-state index contributed by atoms with van der Waals surface area (Å²) in [5.41, 5.74) is 1.49. The van der Waals surface area contributed by atoms with Crippen LogP contribution < -0.4 is 0 Å². The van der Waals surface area contributed by atoms with Crippen LogP contribution in [0, 0.1) is 11.3 Å². The number of rotatable bonds is 0. The third-order valence-corrected chi connectivity index (χ3v) is 1.90. The Morgan fingerprint density at radius 3 is 2.91 bits per heavy atom. The van der Waals surface area contributed by atoms with Crippen molar-refractivity contribution in [3.8, 4) is 6.07 Å². The zero-order chi connectivity index (χ0) is 8.27. The van der Waals surface area contributed by atoms with Gasteiger partial charge in [-0.2, -0.15) is 5.26 Å². The molecule has 0 aromatic rings. The van der Waals surface area contributed by atoms with Gasteiger partial charge < -0.3 is 0 Å². The molecule has 2 heteroatoms. The molecule has 0 heterocycles. The van der Waals surface area contributed by atoms with Crippen molar-refractivity contribution in [2.45, 2.75) is 26.2 Å². The average Bonchev–Trinajstić information content (AvgIpc) is 2.16. The Kier molecular flexibility index (Phi) is 2.43. The lowest BCUT2D eigenvalue weighted by atomic mass is 10.1. The molecule has 0 aliphatic heterocycles. The van der Waals surface area contributed by atoms with Crippen molar-refractivity contribution >= 4 is 0 Å². The van der Waals surface area contributed by atoms with E-state index < -0.39 is 0 Å². The van der Waals surface area contributed by atoms with E-state index in [0.29, 0.717) is 24.8 Å². The van der Waals surface area contributed by atoms with Gasteiger partial charge in [-0.15, -0.1) is 0 Å². The molecule has 0 aromatic heterocycles. The maximum absolute atomic E-state index is 12.9. The Labute approximate surface area is 65.8 Å². The SMILES string of the molecule is CC1=C(F)CC=C(C#N)CC1. The van der Waals surface area contributed by atoms with Crippen molar-refractivity contribution in [3.63, 3.8) is 0 Å². The van der Waals surface area contributed by atoms with Gasteiger partial charge in [0.2, 0.25) is 0 Å². The van der Waals surface area contributed by atoms with E-state index in [1.807, 2.05) is 0 Å². The lowest BCUT2D eigenvalue weighted by Gasteiger charge is -1.96. The molecule has 0 atom stereocenters. The van der Waals surface area contributed by atoms with Gasteiger partial charge in [-0.05, 0) is 25.3 Å². The summed E-state index contributed by atoms with van der Waals surface area (Å²) < 4.78 is 12.9. The van der Waals surface area contributed by atoms with E-state index in [1.54, 1.807) is 13.0 Å². The van der Waals surface area contributed by atoms with Crippen LogP contribution in [0.5, 0.6) is 0 Å². The summed E-state index contributed by atoms with van der Waals surface area (Å²) in [4.78, 5) is 0. The second-order valence-corrected chi connectivity index (χ2v) is 2.73. The molecule has 1 aliphatic rings. The monoisotopic (exact) mass is 151 g/mol. The summed E-state index contributed by atoms with van der Waals surface area (Å²) >= 11 is 0. The fourth-order valence-corrected chi connectivity index (χ4v) is 1.05. The topological polar surface area (TPSA) is 23.8 Å². The predicted octanol–water partition coefficient (Wildman–Crippen LogP) is 2.86. The van der Waals surface area contributed by atoms with Crippen molar-refractivity contribution in [1.82, 2.24) is 0 Å². The van der Waals surface area contributed by atoms with Crippen LogP contribution in [0.3, 0.4) is 0 Å². The molecular weight excluding hydrogens is 141 g/mol. The molecule has 0 N–H and O–H groups in total. The fraction of sp³-hybridized carbons (Fsp3) is 0.444. The smallest absolute Gasteiger partial charge is 0.103 e. The molecule has 58 valence electrons. The van der Waals surface area contributed by atoms with E-state index in [-0.39, 0.29) is 5.83 Å². The molecule has 1 nitrogen and oxygen atoms in total. The highest BCUT2D eigenvalue weighted by atomic mass is 19.1. The molecule has 0 bridgehead atoms. The van der Waals surface area contributed by atoms with E-state index in [2.05, 4.69) is 6.07 Å². The maximum atomic E-state index is 12.9. The standard InChI is InChI=1S/C9H10FN/c1-7-2-3-8(6-11)4-5-9(7)10/h4H,2-3,5H2,1H3. The second-order valence-electron chi connectivity index (χ2n) is 2.73. The number of allylic oxidation sites excluding steroid dienone is 4. The minimum absolute atomic E-state index is 0.0738. The molecule has 0 saturated heterocycles. The van der Waals surface area contributed by atoms with Crippen LogP contribution in [0.25, 0.3) is 0 Å². The highest BCUT2D eigenvalue weighted by molar-refractivity contribution is 5.27. The normalized spacial score (nSPS) is 18.8. The molecule has 0 radical (unpaired) electrons. The zero-order valence-corrected chi connectivity index (χ0v) is 6.52. The predicted molar refractivity (Wildman–Crippen MR) is 41.4 cm³/mol. The summed E-state index contributed by atoms with van der Waals surface area (Å²) in [5, 5.41) is 8.53. The van der Waals surface area contributed by atoms with Gasteiger partial charge in [0, 0.05) is 12.0 Å². The molecule has 0 fully saturated rings. The van der Waals surface area contributed by atoms with Gasteiger partial charge in [-0.3, -0.25) is 0 Å². The maximum Gasteiger partial charge on any atom is 0.103 e. The summed E-state index contributed by atoms with van der Waals surface area (Å²) in [5.74, 6) is -0.0738. The van der Waals surface area contributed by atoms with Crippen LogP contribution in [0.15, 0.2) is 23.0 Å². The molecule has 0 unspecified atom stereocenters. The third kappa shape index (κ3) is 1.91. The van der Waals surface area contributed by atoms with Gasteiger partial charge in [-0.25, -0.2) is 4.39 Å². The van der Waals surface area contributed by atoms with Gasteiger partial charge in [0.05, 0.1) is 6.07 Å². The van der Waals surface area contributed by atoms with E-state index in [1.165, 1.54) is 0 Å². The Bertz CT molecular complexity index is 255. The Morgan fingerprint density at radius 2 is 2.27 bits per heavy atom. The minimum Gasteiger partial charge on any atom is -0.212 e. The number of halogens is 1. The Morgan fingerprint density at radius 1 is 1.55 bits per heavy atom. The van der Waals surface area contributed by atoms with Crippen molar-refractivity contribution in [2.75, 3.05) is 0 Å². The zero-order valence-electron chi connectivity index (χ0n) is 6.52. The summed E-state index contributed by atoms with van der Waals surface area (Å²) in [6.45, 7) is 1.78. The van der Waals surface area contributed by atoms with E-state index in [0.717, 1.165) is 5.57 Å². The second kappa shape index (κ2) is 3.34. The van der Waals surface area contributed by atoms with E-state index in [9.17, 15) is 4.39 Å². The molecule has 1 rings (SSSR count). The molecule has 0 saturated carbocycles. The fourth-order valence-electron chi connectivity index (χ4n) is 1.05. The first-order valence-corrected chi connectivity index (χ1v) is 3.67. The highest BCUT2D eigenvalue weighted by Gasteiger charge is 2.07. The van der Waals surface area contributed by atoms with Crippen LogP contribution in [0.1, 0.15) is 26.2 Å². The lowest BCUT2D eigenvalue weighted by Crippen LogP contribution is -1.79. The van der Waals surface area contributed by atoms with Gasteiger partial charge >= 0.3 is 0 Å². The number of hydrogen-bond donors (Lipinski definition) is 0. The first-order chi connectivity index (χ1) is 5.24. The van der Waals surface area contributed by atoms with Crippen LogP contribution in [-0.2, 0) is 0 Å². The average molecular weight is 151 g/mol. The van der Waals surface area contributed by atoms with Crippen LogP contribution in [0.4, 0.5) is 4.39 Å². The van der Waals surface area contributed by atoms with Crippen LogP contribution in [-0.4, -0.2) is 0 Å². The van der Waals surface area contributed by atoms with Gasteiger partial charge in [-0.1, -0.05) is 6.08 Å². The molecule has 0 spiro atoms. The highest BCUT2D eigenvalue weighted by Crippen LogP contribution is 2.23. The summed E-state index contributed by atoms with van der Waals surface area (Å²) in [7, 11) is 0. The van der Waals surface area contributed by atoms with Crippen molar-refractivity contribution in [2.24, 2.45) is 0 Å². The molecule has 0 aromatic carbocycles. The van der Waals surface area contributed by atoms with Crippen LogP contribution >= 0.6 is 0 Å². The molecule has 11 heavy (non-hydrogen) atoms. The minimum atomic E-state index is -0.0738. The number of nitrogens with zero attached hydrogens (tertiary/aromatic N) is 1. The van der Waals surface area contributed by atoms with Crippen molar-refractivity contribution in [1.29, 1.82) is 5.26 Å². The van der Waals surface area contributed by atoms with Crippen molar-refractivity contribution < 1.29 is 4.39 Å². The van der Waals surface area contributed by atoms with E-state index >= 15 is 0 Å². The van der Waals surface area contributed by atoms with Gasteiger partial charge in [0.25, 0.3) is 0 Å². The molecule has 1 aliphatic carbocycles. The van der Waals surface area contributed by atoms with Crippen LogP contribution in [0.2, 0.25) is 0 Å². The quantitative estimate of drug-likeness (QED) is 0.522. The molecular formula is C9H10FN. The van der Waals surface area contributed by atoms with Crippen molar-refractivity contribution in [3.05, 3.63) is 23.0 Å². The third-order valence-electron chi connectivity index (χ3n) is 1.90. The first-order valence-electron chi connectivity index (χ1n) is 3.67. The summed E-state index contributed by atoms with van der Waals surface area (Å²) in [6.07, 6.45) is 3.35. The number of nitriles is 1.